The third kappa shape index (κ3) is 2.07. The Kier molecular flexibility index (Phi) is 3.12. The predicted molar refractivity (Wildman–Crippen MR) is 75.5 cm³/mol. The third-order valence-electron chi connectivity index (χ3n) is 5.04. The lowest BCUT2D eigenvalue weighted by molar-refractivity contribution is -0.156. The van der Waals surface area contributed by atoms with Crippen molar-refractivity contribution in [2.45, 2.75) is 58.5 Å². The molecule has 0 amide bonds. The molecule has 0 bridgehead atoms. The van der Waals surface area contributed by atoms with Crippen LogP contribution < -0.4 is 4.74 Å². The number of carbonyl (C=O) groups excluding carboxylic acids is 1. The zero-order valence-electron chi connectivity index (χ0n) is 11.9. The van der Waals surface area contributed by atoms with Gasteiger partial charge in [0.1, 0.15) is 17.6 Å². The molecule has 2 aliphatic rings. The van der Waals surface area contributed by atoms with Crippen LogP contribution in [0.2, 0.25) is 0 Å². The molecule has 2 nitrogen and oxygen atoms in total. The van der Waals surface area contributed by atoms with Crippen LogP contribution >= 0.6 is 0 Å². The van der Waals surface area contributed by atoms with Crippen molar-refractivity contribution in [2.75, 3.05) is 0 Å². The molecule has 0 N–H and O–H groups in total. The summed E-state index contributed by atoms with van der Waals surface area (Å²) >= 11 is 0. The highest BCUT2D eigenvalue weighted by Gasteiger charge is 2.56. The average molecular weight is 258 g/mol. The second-order valence-corrected chi connectivity index (χ2v) is 6.20. The number of hydrogen-bond acceptors (Lipinski definition) is 2. The lowest BCUT2D eigenvalue weighted by atomic mass is 9.57. The summed E-state index contributed by atoms with van der Waals surface area (Å²) in [7, 11) is 0. The largest absolute Gasteiger partial charge is 0.489 e. The molecule has 2 fully saturated rings. The molecule has 1 atom stereocenters. The molecule has 1 spiro atoms. The van der Waals surface area contributed by atoms with Gasteiger partial charge in [-0.3, -0.25) is 4.79 Å². The van der Waals surface area contributed by atoms with Gasteiger partial charge in [-0.15, -0.1) is 0 Å². The number of hydrogen-bond donors (Lipinski definition) is 0. The van der Waals surface area contributed by atoms with Gasteiger partial charge in [-0.25, -0.2) is 0 Å². The minimum atomic E-state index is -0.142. The molecular weight excluding hydrogens is 236 g/mol. The van der Waals surface area contributed by atoms with Gasteiger partial charge in [0.15, 0.2) is 0 Å². The molecule has 1 unspecified atom stereocenters. The van der Waals surface area contributed by atoms with E-state index in [1.54, 1.807) is 0 Å². The van der Waals surface area contributed by atoms with Gasteiger partial charge in [0.2, 0.25) is 0 Å². The number of benzene rings is 1. The first-order chi connectivity index (χ1) is 9.12. The maximum atomic E-state index is 12.0. The first-order valence-corrected chi connectivity index (χ1v) is 7.39. The maximum absolute atomic E-state index is 12.0. The summed E-state index contributed by atoms with van der Waals surface area (Å²) < 4.78 is 6.13. The first kappa shape index (κ1) is 12.7. The molecule has 0 heterocycles. The number of carbonyl (C=O) groups is 1. The van der Waals surface area contributed by atoms with E-state index in [1.165, 1.54) is 30.4 Å². The summed E-state index contributed by atoms with van der Waals surface area (Å²) in [5, 5.41) is 0. The lowest BCUT2D eigenvalue weighted by Gasteiger charge is -2.49. The van der Waals surface area contributed by atoms with Crippen LogP contribution in [0.3, 0.4) is 0 Å². The quantitative estimate of drug-likeness (QED) is 0.802. The Morgan fingerprint density at radius 1 is 1.11 bits per heavy atom. The van der Waals surface area contributed by atoms with E-state index in [1.807, 2.05) is 6.07 Å². The molecule has 2 aliphatic carbocycles. The van der Waals surface area contributed by atoms with Crippen LogP contribution in [0.15, 0.2) is 18.2 Å². The Balaban J connectivity index is 1.76. The number of aryl methyl sites for hydroxylation is 2. The first-order valence-electron chi connectivity index (χ1n) is 7.39. The third-order valence-corrected chi connectivity index (χ3v) is 5.04. The van der Waals surface area contributed by atoms with E-state index >= 15 is 0 Å². The molecule has 2 heteroatoms. The topological polar surface area (TPSA) is 26.3 Å². The van der Waals surface area contributed by atoms with E-state index in [4.69, 9.17) is 4.74 Å². The molecule has 0 saturated heterocycles. The second-order valence-electron chi connectivity index (χ2n) is 6.20. The van der Waals surface area contributed by atoms with Crippen molar-refractivity contribution in [1.29, 1.82) is 0 Å². The van der Waals surface area contributed by atoms with E-state index in [2.05, 4.69) is 26.0 Å². The SMILES string of the molecule is Cc1ccc(OC2CC(=O)C23CCCCC3)cc1C. The summed E-state index contributed by atoms with van der Waals surface area (Å²) in [4.78, 5) is 12.0. The average Bonchev–Trinajstić information content (AvgIpc) is 2.43. The fourth-order valence-electron chi connectivity index (χ4n) is 3.50. The summed E-state index contributed by atoms with van der Waals surface area (Å²) in [6.45, 7) is 4.21. The minimum Gasteiger partial charge on any atom is -0.489 e. The van der Waals surface area contributed by atoms with Gasteiger partial charge in [-0.1, -0.05) is 25.3 Å². The Morgan fingerprint density at radius 2 is 1.84 bits per heavy atom. The lowest BCUT2D eigenvalue weighted by Crippen LogP contribution is -2.57. The van der Waals surface area contributed by atoms with Crippen molar-refractivity contribution in [3.63, 3.8) is 0 Å². The Morgan fingerprint density at radius 3 is 2.47 bits per heavy atom. The fraction of sp³-hybridized carbons (Fsp3) is 0.588. The van der Waals surface area contributed by atoms with Crippen LogP contribution in [-0.4, -0.2) is 11.9 Å². The zero-order valence-corrected chi connectivity index (χ0v) is 11.9. The molecule has 0 radical (unpaired) electrons. The highest BCUT2D eigenvalue weighted by atomic mass is 16.5. The highest BCUT2D eigenvalue weighted by Crippen LogP contribution is 2.50. The normalized spacial score (nSPS) is 25.2. The van der Waals surface area contributed by atoms with Gasteiger partial charge in [-0.05, 0) is 49.9 Å². The maximum Gasteiger partial charge on any atom is 0.146 e. The Labute approximate surface area is 115 Å². The van der Waals surface area contributed by atoms with E-state index in [9.17, 15) is 4.79 Å². The fourth-order valence-corrected chi connectivity index (χ4v) is 3.50. The van der Waals surface area contributed by atoms with Crippen LogP contribution in [-0.2, 0) is 4.79 Å². The Bertz CT molecular complexity index is 498. The van der Waals surface area contributed by atoms with Crippen LogP contribution in [0.25, 0.3) is 0 Å². The second kappa shape index (κ2) is 4.66. The van der Waals surface area contributed by atoms with Crippen LogP contribution in [0.1, 0.15) is 49.7 Å². The van der Waals surface area contributed by atoms with Gasteiger partial charge >= 0.3 is 0 Å². The summed E-state index contributed by atoms with van der Waals surface area (Å²) in [5.41, 5.74) is 2.39. The van der Waals surface area contributed by atoms with Crippen molar-refractivity contribution in [3.8, 4) is 5.75 Å². The summed E-state index contributed by atoms with van der Waals surface area (Å²) in [5.74, 6) is 1.35. The van der Waals surface area contributed by atoms with Crippen molar-refractivity contribution in [2.24, 2.45) is 5.41 Å². The molecule has 0 aromatic heterocycles. The number of ether oxygens (including phenoxy) is 1. The van der Waals surface area contributed by atoms with Crippen molar-refractivity contribution < 1.29 is 9.53 Å². The van der Waals surface area contributed by atoms with Gasteiger partial charge in [-0.2, -0.15) is 0 Å². The number of rotatable bonds is 2. The van der Waals surface area contributed by atoms with Gasteiger partial charge in [0, 0.05) is 6.42 Å². The van der Waals surface area contributed by atoms with Crippen molar-refractivity contribution in [1.82, 2.24) is 0 Å². The van der Waals surface area contributed by atoms with Gasteiger partial charge < -0.3 is 4.74 Å². The molecule has 1 aromatic carbocycles. The zero-order chi connectivity index (χ0) is 13.5. The highest BCUT2D eigenvalue weighted by molar-refractivity contribution is 5.92. The summed E-state index contributed by atoms with van der Waals surface area (Å²) in [6, 6.07) is 6.22. The molecule has 2 saturated carbocycles. The van der Waals surface area contributed by atoms with E-state index in [-0.39, 0.29) is 11.5 Å². The Hall–Kier alpha value is -1.31. The van der Waals surface area contributed by atoms with E-state index in [0.717, 1.165) is 18.6 Å². The van der Waals surface area contributed by atoms with Crippen LogP contribution in [0.4, 0.5) is 0 Å². The van der Waals surface area contributed by atoms with Gasteiger partial charge in [0.25, 0.3) is 0 Å². The van der Waals surface area contributed by atoms with Crippen molar-refractivity contribution >= 4 is 5.78 Å². The minimum absolute atomic E-state index is 0.113. The molecule has 3 rings (SSSR count). The van der Waals surface area contributed by atoms with Crippen LogP contribution in [0.5, 0.6) is 5.75 Å². The van der Waals surface area contributed by atoms with E-state index < -0.39 is 0 Å². The molecule has 102 valence electrons. The predicted octanol–water partition coefficient (Wildman–Crippen LogP) is 3.97. The molecule has 19 heavy (non-hydrogen) atoms. The van der Waals surface area contributed by atoms with Crippen LogP contribution in [0, 0.1) is 19.3 Å². The molecule has 0 aliphatic heterocycles. The number of Topliss-reactive ketones (excluding diaryl/α,β-unsaturated/α-hetero) is 1. The van der Waals surface area contributed by atoms with Crippen molar-refractivity contribution in [3.05, 3.63) is 29.3 Å². The van der Waals surface area contributed by atoms with Gasteiger partial charge in [0.05, 0.1) is 5.41 Å². The monoisotopic (exact) mass is 258 g/mol. The molecular formula is C17H22O2. The summed E-state index contributed by atoms with van der Waals surface area (Å²) in [6.07, 6.45) is 6.40. The smallest absolute Gasteiger partial charge is 0.146 e. The number of ketones is 1. The molecule has 1 aromatic rings. The standard InChI is InChI=1S/C17H22O2/c1-12-6-7-14(10-13(12)2)19-16-11-15(18)17(16)8-4-3-5-9-17/h6-7,10,16H,3-5,8-9,11H2,1-2H3. The van der Waals surface area contributed by atoms with E-state index in [0.29, 0.717) is 12.2 Å².